The Balaban J connectivity index is 1.66. The molecular weight excluding hydrogens is 314 g/mol. The highest BCUT2D eigenvalue weighted by Gasteiger charge is 2.37. The summed E-state index contributed by atoms with van der Waals surface area (Å²) in [6.07, 6.45) is 3.29. The van der Waals surface area contributed by atoms with Crippen LogP contribution in [0.15, 0.2) is 35.2 Å². The lowest BCUT2D eigenvalue weighted by atomic mass is 10.0. The third-order valence-corrected chi connectivity index (χ3v) is 6.81. The zero-order valence-electron chi connectivity index (χ0n) is 13.1. The zero-order chi connectivity index (χ0) is 16.4. The summed E-state index contributed by atoms with van der Waals surface area (Å²) in [6, 6.07) is 8.61. The number of sulfonamides is 1. The number of amides is 1. The van der Waals surface area contributed by atoms with E-state index in [0.717, 1.165) is 32.2 Å². The van der Waals surface area contributed by atoms with Crippen molar-refractivity contribution in [2.24, 2.45) is 5.73 Å². The summed E-state index contributed by atoms with van der Waals surface area (Å²) in [5.41, 5.74) is 5.48. The molecule has 1 unspecified atom stereocenters. The van der Waals surface area contributed by atoms with E-state index >= 15 is 0 Å². The topological polar surface area (TPSA) is 83.7 Å². The van der Waals surface area contributed by atoms with Crippen molar-refractivity contribution in [1.82, 2.24) is 9.21 Å². The van der Waals surface area contributed by atoms with Crippen molar-refractivity contribution in [3.8, 4) is 0 Å². The maximum atomic E-state index is 12.6. The quantitative estimate of drug-likeness (QED) is 0.880. The second kappa shape index (κ2) is 6.59. The number of carbonyl (C=O) groups is 1. The molecule has 2 N–H and O–H groups in total. The lowest BCUT2D eigenvalue weighted by Crippen LogP contribution is -2.51. The number of primary amides is 1. The van der Waals surface area contributed by atoms with Crippen LogP contribution in [-0.2, 0) is 14.8 Å². The van der Waals surface area contributed by atoms with Crippen molar-refractivity contribution in [1.29, 1.82) is 0 Å². The molecule has 0 bridgehead atoms. The molecule has 23 heavy (non-hydrogen) atoms. The van der Waals surface area contributed by atoms with Crippen LogP contribution in [0.3, 0.4) is 0 Å². The van der Waals surface area contributed by atoms with Crippen molar-refractivity contribution >= 4 is 15.9 Å². The van der Waals surface area contributed by atoms with Gasteiger partial charge in [-0.2, -0.15) is 4.31 Å². The van der Waals surface area contributed by atoms with Gasteiger partial charge in [0.05, 0.1) is 10.9 Å². The van der Waals surface area contributed by atoms with Gasteiger partial charge in [-0.1, -0.05) is 18.2 Å². The molecule has 1 aromatic rings. The largest absolute Gasteiger partial charge is 0.368 e. The number of benzene rings is 1. The number of rotatable bonds is 4. The number of nitrogens with two attached hydrogens (primary N) is 1. The fraction of sp³-hybridized carbons (Fsp3) is 0.562. The molecule has 3 rings (SSSR count). The fourth-order valence-corrected chi connectivity index (χ4v) is 5.18. The van der Waals surface area contributed by atoms with Crippen LogP contribution in [0.4, 0.5) is 0 Å². The molecule has 2 aliphatic rings. The smallest absolute Gasteiger partial charge is 0.243 e. The van der Waals surface area contributed by atoms with Gasteiger partial charge in [-0.25, -0.2) is 8.42 Å². The molecule has 2 saturated heterocycles. The molecule has 2 aliphatic heterocycles. The van der Waals surface area contributed by atoms with E-state index < -0.39 is 10.0 Å². The maximum Gasteiger partial charge on any atom is 0.243 e. The Bertz CT molecular complexity index is 654. The first-order valence-corrected chi connectivity index (χ1v) is 9.54. The Morgan fingerprint density at radius 1 is 1.04 bits per heavy atom. The second-order valence-electron chi connectivity index (χ2n) is 6.25. The molecule has 7 heteroatoms. The van der Waals surface area contributed by atoms with E-state index in [1.54, 1.807) is 28.6 Å². The van der Waals surface area contributed by atoms with Gasteiger partial charge in [0.25, 0.3) is 0 Å². The summed E-state index contributed by atoms with van der Waals surface area (Å²) in [5.74, 6) is -0.262. The highest BCUT2D eigenvalue weighted by atomic mass is 32.2. The molecule has 1 aromatic carbocycles. The average molecular weight is 337 g/mol. The van der Waals surface area contributed by atoms with E-state index in [1.165, 1.54) is 0 Å². The van der Waals surface area contributed by atoms with Gasteiger partial charge in [-0.3, -0.25) is 9.69 Å². The summed E-state index contributed by atoms with van der Waals surface area (Å²) in [4.78, 5) is 14.1. The molecule has 0 saturated carbocycles. The van der Waals surface area contributed by atoms with Gasteiger partial charge in [0.1, 0.15) is 0 Å². The highest BCUT2D eigenvalue weighted by molar-refractivity contribution is 7.89. The van der Waals surface area contributed by atoms with Crippen LogP contribution in [0.1, 0.15) is 25.7 Å². The molecule has 6 nitrogen and oxygen atoms in total. The summed E-state index contributed by atoms with van der Waals surface area (Å²) in [6.45, 7) is 1.86. The number of hydrogen-bond donors (Lipinski definition) is 1. The van der Waals surface area contributed by atoms with Crippen molar-refractivity contribution in [2.45, 2.75) is 42.7 Å². The van der Waals surface area contributed by atoms with Gasteiger partial charge in [-0.05, 0) is 44.4 Å². The summed E-state index contributed by atoms with van der Waals surface area (Å²) in [5, 5.41) is 0. The van der Waals surface area contributed by atoms with E-state index in [-0.39, 0.29) is 18.0 Å². The molecule has 2 heterocycles. The molecule has 0 radical (unpaired) electrons. The summed E-state index contributed by atoms with van der Waals surface area (Å²) >= 11 is 0. The van der Waals surface area contributed by atoms with Crippen molar-refractivity contribution in [2.75, 3.05) is 19.6 Å². The summed E-state index contributed by atoms with van der Waals surface area (Å²) in [7, 11) is -3.42. The minimum Gasteiger partial charge on any atom is -0.368 e. The third kappa shape index (κ3) is 3.27. The first kappa shape index (κ1) is 16.4. The van der Waals surface area contributed by atoms with Crippen LogP contribution >= 0.6 is 0 Å². The Hall–Kier alpha value is -1.44. The molecule has 126 valence electrons. The van der Waals surface area contributed by atoms with Gasteiger partial charge in [0.2, 0.25) is 15.9 Å². The highest BCUT2D eigenvalue weighted by Crippen LogP contribution is 2.28. The Morgan fingerprint density at radius 3 is 2.30 bits per heavy atom. The number of likely N-dealkylation sites (tertiary alicyclic amines) is 1. The Kier molecular flexibility index (Phi) is 4.70. The van der Waals surface area contributed by atoms with Gasteiger partial charge >= 0.3 is 0 Å². The SMILES string of the molecule is NC(=O)C1CCCN1C1CCN(S(=O)(=O)c2ccccc2)CC1. The predicted octanol–water partition coefficient (Wildman–Crippen LogP) is 0.789. The van der Waals surface area contributed by atoms with Crippen LogP contribution in [0, 0.1) is 0 Å². The van der Waals surface area contributed by atoms with Gasteiger partial charge in [0.15, 0.2) is 0 Å². The minimum atomic E-state index is -3.42. The second-order valence-corrected chi connectivity index (χ2v) is 8.18. The van der Waals surface area contributed by atoms with E-state index in [2.05, 4.69) is 4.90 Å². The molecule has 0 aromatic heterocycles. The maximum absolute atomic E-state index is 12.6. The monoisotopic (exact) mass is 337 g/mol. The first-order valence-electron chi connectivity index (χ1n) is 8.10. The molecule has 0 aliphatic carbocycles. The number of piperidine rings is 1. The number of carbonyl (C=O) groups excluding carboxylic acids is 1. The van der Waals surface area contributed by atoms with Crippen LogP contribution < -0.4 is 5.73 Å². The summed E-state index contributed by atoms with van der Waals surface area (Å²) < 4.78 is 26.8. The van der Waals surface area contributed by atoms with Crippen LogP contribution in [-0.4, -0.2) is 55.2 Å². The molecule has 1 amide bonds. The minimum absolute atomic E-state index is 0.183. The Morgan fingerprint density at radius 2 is 1.70 bits per heavy atom. The van der Waals surface area contributed by atoms with Gasteiger partial charge in [0, 0.05) is 19.1 Å². The van der Waals surface area contributed by atoms with Crippen molar-refractivity contribution < 1.29 is 13.2 Å². The van der Waals surface area contributed by atoms with E-state index in [1.807, 2.05) is 6.07 Å². The van der Waals surface area contributed by atoms with Crippen LogP contribution in [0.2, 0.25) is 0 Å². The lowest BCUT2D eigenvalue weighted by Gasteiger charge is -2.38. The van der Waals surface area contributed by atoms with E-state index in [4.69, 9.17) is 5.73 Å². The normalized spacial score (nSPS) is 24.8. The predicted molar refractivity (Wildman–Crippen MR) is 87.1 cm³/mol. The van der Waals surface area contributed by atoms with Gasteiger partial charge < -0.3 is 5.73 Å². The van der Waals surface area contributed by atoms with Gasteiger partial charge in [-0.15, -0.1) is 0 Å². The van der Waals surface area contributed by atoms with Crippen LogP contribution in [0.5, 0.6) is 0 Å². The number of hydrogen-bond acceptors (Lipinski definition) is 4. The zero-order valence-corrected chi connectivity index (χ0v) is 13.9. The molecule has 2 fully saturated rings. The van der Waals surface area contributed by atoms with E-state index in [9.17, 15) is 13.2 Å². The fourth-order valence-electron chi connectivity index (χ4n) is 3.69. The third-order valence-electron chi connectivity index (χ3n) is 4.90. The first-order chi connectivity index (χ1) is 11.0. The van der Waals surface area contributed by atoms with Crippen molar-refractivity contribution in [3.05, 3.63) is 30.3 Å². The lowest BCUT2D eigenvalue weighted by molar-refractivity contribution is -0.123. The van der Waals surface area contributed by atoms with Crippen molar-refractivity contribution in [3.63, 3.8) is 0 Å². The molecular formula is C16H23N3O3S. The Labute approximate surface area is 137 Å². The molecule has 1 atom stereocenters. The average Bonchev–Trinajstić information content (AvgIpc) is 3.06. The molecule has 0 spiro atoms. The standard InChI is InChI=1S/C16H23N3O3S/c17-16(20)15-7-4-10-19(15)13-8-11-18(12-9-13)23(21,22)14-5-2-1-3-6-14/h1-3,5-6,13,15H,4,7-12H2,(H2,17,20). The number of nitrogens with zero attached hydrogens (tertiary/aromatic N) is 2. The van der Waals surface area contributed by atoms with E-state index in [0.29, 0.717) is 18.0 Å². The van der Waals surface area contributed by atoms with Crippen LogP contribution in [0.25, 0.3) is 0 Å².